The molecule has 21 heavy (non-hydrogen) atoms. The number of fused-ring (bicyclic) bond motifs is 1. The molecule has 0 aromatic heterocycles. The Morgan fingerprint density at radius 2 is 1.90 bits per heavy atom. The standard InChI is InChI=1S/C18H21N3/c1-13-10-14-6-3-5-9-17(14)21(11-13)12-15-7-2-4-8-16(15)18(19)20/h2-9,13H,10-12H2,1H3,(H3,19,20). The van der Waals surface area contributed by atoms with Crippen molar-refractivity contribution in [1.82, 2.24) is 0 Å². The van der Waals surface area contributed by atoms with Gasteiger partial charge in [0.2, 0.25) is 0 Å². The Balaban J connectivity index is 1.94. The van der Waals surface area contributed by atoms with Gasteiger partial charge in [0, 0.05) is 24.3 Å². The minimum Gasteiger partial charge on any atom is -0.384 e. The first-order valence-electron chi connectivity index (χ1n) is 7.40. The zero-order chi connectivity index (χ0) is 14.8. The van der Waals surface area contributed by atoms with Crippen molar-refractivity contribution in [2.75, 3.05) is 11.4 Å². The van der Waals surface area contributed by atoms with Crippen molar-refractivity contribution in [2.45, 2.75) is 19.9 Å². The van der Waals surface area contributed by atoms with Gasteiger partial charge in [0.25, 0.3) is 0 Å². The molecule has 0 aliphatic carbocycles. The molecule has 0 fully saturated rings. The summed E-state index contributed by atoms with van der Waals surface area (Å²) in [5.41, 5.74) is 10.4. The Bertz CT molecular complexity index is 663. The molecular weight excluding hydrogens is 258 g/mol. The fourth-order valence-corrected chi connectivity index (χ4v) is 3.18. The summed E-state index contributed by atoms with van der Waals surface area (Å²) < 4.78 is 0. The quantitative estimate of drug-likeness (QED) is 0.670. The van der Waals surface area contributed by atoms with Crippen LogP contribution in [0.1, 0.15) is 23.6 Å². The van der Waals surface area contributed by atoms with E-state index in [4.69, 9.17) is 11.1 Å². The summed E-state index contributed by atoms with van der Waals surface area (Å²) in [5, 5.41) is 7.74. The molecule has 0 amide bonds. The van der Waals surface area contributed by atoms with Crippen LogP contribution in [0.3, 0.4) is 0 Å². The van der Waals surface area contributed by atoms with E-state index < -0.39 is 0 Å². The van der Waals surface area contributed by atoms with Crippen LogP contribution in [0, 0.1) is 11.3 Å². The summed E-state index contributed by atoms with van der Waals surface area (Å²) in [6.45, 7) is 4.14. The van der Waals surface area contributed by atoms with Gasteiger partial charge in [-0.25, -0.2) is 0 Å². The molecule has 0 spiro atoms. The second-order valence-corrected chi connectivity index (χ2v) is 5.89. The number of benzene rings is 2. The molecule has 0 bridgehead atoms. The van der Waals surface area contributed by atoms with Crippen LogP contribution in [-0.2, 0) is 13.0 Å². The van der Waals surface area contributed by atoms with E-state index in [9.17, 15) is 0 Å². The van der Waals surface area contributed by atoms with Crippen LogP contribution in [0.25, 0.3) is 0 Å². The normalized spacial score (nSPS) is 17.4. The predicted octanol–water partition coefficient (Wildman–Crippen LogP) is 3.17. The molecule has 3 heteroatoms. The van der Waals surface area contributed by atoms with E-state index in [1.54, 1.807) is 0 Å². The third-order valence-corrected chi connectivity index (χ3v) is 4.10. The van der Waals surface area contributed by atoms with Gasteiger partial charge in [-0.1, -0.05) is 49.4 Å². The van der Waals surface area contributed by atoms with Crippen molar-refractivity contribution >= 4 is 11.5 Å². The van der Waals surface area contributed by atoms with Crippen LogP contribution in [0.5, 0.6) is 0 Å². The zero-order valence-electron chi connectivity index (χ0n) is 12.3. The topological polar surface area (TPSA) is 53.1 Å². The third-order valence-electron chi connectivity index (χ3n) is 4.10. The summed E-state index contributed by atoms with van der Waals surface area (Å²) in [4.78, 5) is 2.41. The number of nitrogens with one attached hydrogen (secondary N) is 1. The van der Waals surface area contributed by atoms with Crippen molar-refractivity contribution in [1.29, 1.82) is 5.41 Å². The molecule has 1 aliphatic rings. The highest BCUT2D eigenvalue weighted by Crippen LogP contribution is 2.30. The molecule has 3 rings (SSSR count). The van der Waals surface area contributed by atoms with Crippen LogP contribution in [0.4, 0.5) is 5.69 Å². The molecule has 108 valence electrons. The van der Waals surface area contributed by atoms with Crippen LogP contribution < -0.4 is 10.6 Å². The molecule has 3 nitrogen and oxygen atoms in total. The molecule has 2 aromatic carbocycles. The maximum absolute atomic E-state index is 7.74. The van der Waals surface area contributed by atoms with Gasteiger partial charge in [0.05, 0.1) is 0 Å². The van der Waals surface area contributed by atoms with Gasteiger partial charge in [0.1, 0.15) is 5.84 Å². The summed E-state index contributed by atoms with van der Waals surface area (Å²) in [6, 6.07) is 16.6. The first kappa shape index (κ1) is 13.7. The fourth-order valence-electron chi connectivity index (χ4n) is 3.18. The second-order valence-electron chi connectivity index (χ2n) is 5.89. The highest BCUT2D eigenvalue weighted by atomic mass is 15.1. The Morgan fingerprint density at radius 3 is 2.71 bits per heavy atom. The van der Waals surface area contributed by atoms with Crippen LogP contribution >= 0.6 is 0 Å². The fraction of sp³-hybridized carbons (Fsp3) is 0.278. The summed E-state index contributed by atoms with van der Waals surface area (Å²) in [5.74, 6) is 0.785. The lowest BCUT2D eigenvalue weighted by atomic mass is 9.93. The zero-order valence-corrected chi connectivity index (χ0v) is 12.3. The van der Waals surface area contributed by atoms with Gasteiger partial charge < -0.3 is 10.6 Å². The van der Waals surface area contributed by atoms with Crippen LogP contribution in [0.2, 0.25) is 0 Å². The van der Waals surface area contributed by atoms with E-state index in [1.807, 2.05) is 18.2 Å². The van der Waals surface area contributed by atoms with Crippen molar-refractivity contribution in [3.05, 3.63) is 65.2 Å². The molecule has 1 atom stereocenters. The molecule has 1 aliphatic heterocycles. The summed E-state index contributed by atoms with van der Waals surface area (Å²) in [6.07, 6.45) is 1.14. The number of nitrogens with zero attached hydrogens (tertiary/aromatic N) is 1. The van der Waals surface area contributed by atoms with E-state index >= 15 is 0 Å². The van der Waals surface area contributed by atoms with E-state index in [-0.39, 0.29) is 5.84 Å². The number of hydrogen-bond donors (Lipinski definition) is 2. The molecule has 0 radical (unpaired) electrons. The van der Waals surface area contributed by atoms with Gasteiger partial charge in [-0.05, 0) is 29.5 Å². The van der Waals surface area contributed by atoms with Crippen LogP contribution in [0.15, 0.2) is 48.5 Å². The number of hydrogen-bond acceptors (Lipinski definition) is 2. The number of nitrogens with two attached hydrogens (primary N) is 1. The van der Waals surface area contributed by atoms with Gasteiger partial charge in [-0.2, -0.15) is 0 Å². The Kier molecular flexibility index (Phi) is 3.65. The number of rotatable bonds is 3. The minimum absolute atomic E-state index is 0.143. The highest BCUT2D eigenvalue weighted by Gasteiger charge is 2.22. The molecule has 1 unspecified atom stereocenters. The van der Waals surface area contributed by atoms with E-state index in [0.717, 1.165) is 30.6 Å². The number of nitrogen functional groups attached to an aromatic ring is 1. The van der Waals surface area contributed by atoms with Gasteiger partial charge in [-0.15, -0.1) is 0 Å². The number of amidine groups is 1. The molecule has 3 N–H and O–H groups in total. The number of para-hydroxylation sites is 1. The molecule has 2 aromatic rings. The van der Waals surface area contributed by atoms with Crippen molar-refractivity contribution in [3.63, 3.8) is 0 Å². The monoisotopic (exact) mass is 279 g/mol. The maximum atomic E-state index is 7.74. The Labute approximate surface area is 125 Å². The first-order valence-corrected chi connectivity index (χ1v) is 7.40. The van der Waals surface area contributed by atoms with Crippen molar-refractivity contribution in [3.8, 4) is 0 Å². The van der Waals surface area contributed by atoms with E-state index in [0.29, 0.717) is 5.92 Å². The Hall–Kier alpha value is -2.29. The van der Waals surface area contributed by atoms with Crippen molar-refractivity contribution < 1.29 is 0 Å². The minimum atomic E-state index is 0.143. The van der Waals surface area contributed by atoms with Gasteiger partial charge in [0.15, 0.2) is 0 Å². The third kappa shape index (κ3) is 2.77. The lowest BCUT2D eigenvalue weighted by Gasteiger charge is -2.35. The second kappa shape index (κ2) is 5.60. The predicted molar refractivity (Wildman–Crippen MR) is 87.8 cm³/mol. The SMILES string of the molecule is CC1Cc2ccccc2N(Cc2ccccc2C(=N)N)C1. The molecule has 1 heterocycles. The lowest BCUT2D eigenvalue weighted by Crippen LogP contribution is -2.34. The Morgan fingerprint density at radius 1 is 1.19 bits per heavy atom. The average Bonchev–Trinajstić information content (AvgIpc) is 2.47. The first-order chi connectivity index (χ1) is 10.1. The largest absolute Gasteiger partial charge is 0.384 e. The lowest BCUT2D eigenvalue weighted by molar-refractivity contribution is 0.530. The molecule has 0 saturated carbocycles. The molecule has 0 saturated heterocycles. The van der Waals surface area contributed by atoms with Gasteiger partial charge in [-0.3, -0.25) is 5.41 Å². The van der Waals surface area contributed by atoms with Crippen LogP contribution in [-0.4, -0.2) is 12.4 Å². The molecular formula is C18H21N3. The summed E-state index contributed by atoms with van der Waals surface area (Å²) >= 11 is 0. The maximum Gasteiger partial charge on any atom is 0.123 e. The van der Waals surface area contributed by atoms with E-state index in [1.165, 1.54) is 11.3 Å². The summed E-state index contributed by atoms with van der Waals surface area (Å²) in [7, 11) is 0. The smallest absolute Gasteiger partial charge is 0.123 e. The van der Waals surface area contributed by atoms with Crippen molar-refractivity contribution in [2.24, 2.45) is 11.7 Å². The van der Waals surface area contributed by atoms with Gasteiger partial charge >= 0.3 is 0 Å². The average molecular weight is 279 g/mol. The highest BCUT2D eigenvalue weighted by molar-refractivity contribution is 5.96. The number of anilines is 1. The van der Waals surface area contributed by atoms with E-state index in [2.05, 4.69) is 42.2 Å².